The highest BCUT2D eigenvalue weighted by Gasteiger charge is 2.12. The van der Waals surface area contributed by atoms with Gasteiger partial charge in [0.25, 0.3) is 5.91 Å². The zero-order valence-corrected chi connectivity index (χ0v) is 14.8. The van der Waals surface area contributed by atoms with Crippen LogP contribution >= 0.6 is 0 Å². The van der Waals surface area contributed by atoms with E-state index in [1.165, 1.54) is 0 Å². The zero-order chi connectivity index (χ0) is 18.7. The molecule has 0 saturated carbocycles. The first-order valence-corrected chi connectivity index (χ1v) is 8.10. The molecule has 6 heteroatoms. The molecule has 1 aromatic heterocycles. The molecule has 1 heterocycles. The number of aromatic amines is 1. The first kappa shape index (κ1) is 17.4. The molecule has 0 aliphatic rings. The van der Waals surface area contributed by atoms with Crippen molar-refractivity contribution in [2.45, 2.75) is 13.8 Å². The van der Waals surface area contributed by atoms with Crippen molar-refractivity contribution >= 4 is 11.6 Å². The van der Waals surface area contributed by atoms with Gasteiger partial charge >= 0.3 is 5.69 Å². The lowest BCUT2D eigenvalue weighted by molar-refractivity contribution is 0.102. The number of aromatic nitrogens is 2. The van der Waals surface area contributed by atoms with Gasteiger partial charge in [0.2, 0.25) is 0 Å². The molecule has 3 aromatic rings. The first-order valence-electron chi connectivity index (χ1n) is 8.10. The SMILES string of the molecule is COc1ccc(-c2cc(C(=O)Nc3ccc(C)cc3C)[nH]c(=O)n2)cc1. The number of H-pyrrole nitrogens is 1. The number of carbonyl (C=O) groups is 1. The lowest BCUT2D eigenvalue weighted by Gasteiger charge is -2.10. The van der Waals surface area contributed by atoms with Gasteiger partial charge in [-0.15, -0.1) is 0 Å². The van der Waals surface area contributed by atoms with Crippen LogP contribution in [0.5, 0.6) is 5.75 Å². The Morgan fingerprint density at radius 2 is 1.81 bits per heavy atom. The van der Waals surface area contributed by atoms with E-state index < -0.39 is 11.6 Å². The number of hydrogen-bond donors (Lipinski definition) is 2. The summed E-state index contributed by atoms with van der Waals surface area (Å²) in [5, 5.41) is 2.82. The van der Waals surface area contributed by atoms with Crippen LogP contribution in [0.25, 0.3) is 11.3 Å². The van der Waals surface area contributed by atoms with Crippen LogP contribution in [0, 0.1) is 13.8 Å². The lowest BCUT2D eigenvalue weighted by Crippen LogP contribution is -2.21. The highest BCUT2D eigenvalue weighted by atomic mass is 16.5. The maximum Gasteiger partial charge on any atom is 0.346 e. The van der Waals surface area contributed by atoms with Crippen LogP contribution in [0.4, 0.5) is 5.69 Å². The van der Waals surface area contributed by atoms with Crippen LogP contribution < -0.4 is 15.7 Å². The van der Waals surface area contributed by atoms with Crippen LogP contribution in [0.1, 0.15) is 21.6 Å². The van der Waals surface area contributed by atoms with Gasteiger partial charge in [0.15, 0.2) is 0 Å². The molecule has 0 unspecified atom stereocenters. The van der Waals surface area contributed by atoms with Crippen molar-refractivity contribution in [3.8, 4) is 17.0 Å². The molecule has 6 nitrogen and oxygen atoms in total. The number of aryl methyl sites for hydroxylation is 2. The molecule has 0 atom stereocenters. The molecule has 1 amide bonds. The Morgan fingerprint density at radius 3 is 2.46 bits per heavy atom. The number of benzene rings is 2. The van der Waals surface area contributed by atoms with Gasteiger partial charge in [-0.25, -0.2) is 4.79 Å². The summed E-state index contributed by atoms with van der Waals surface area (Å²) in [6, 6.07) is 14.4. The summed E-state index contributed by atoms with van der Waals surface area (Å²) in [4.78, 5) is 30.9. The number of carbonyl (C=O) groups excluding carboxylic acids is 1. The summed E-state index contributed by atoms with van der Waals surface area (Å²) < 4.78 is 5.12. The molecule has 0 aliphatic carbocycles. The summed E-state index contributed by atoms with van der Waals surface area (Å²) in [5.41, 5.74) is 3.47. The molecule has 2 N–H and O–H groups in total. The van der Waals surface area contributed by atoms with Gasteiger partial charge in [-0.2, -0.15) is 4.98 Å². The quantitative estimate of drug-likeness (QED) is 0.757. The van der Waals surface area contributed by atoms with Gasteiger partial charge < -0.3 is 15.0 Å². The van der Waals surface area contributed by atoms with Crippen molar-refractivity contribution in [1.29, 1.82) is 0 Å². The summed E-state index contributed by atoms with van der Waals surface area (Å²) in [7, 11) is 1.58. The third-order valence-corrected chi connectivity index (χ3v) is 4.01. The third-order valence-electron chi connectivity index (χ3n) is 4.01. The second-order valence-corrected chi connectivity index (χ2v) is 5.99. The van der Waals surface area contributed by atoms with Crippen molar-refractivity contribution in [2.24, 2.45) is 0 Å². The van der Waals surface area contributed by atoms with Gasteiger partial charge in [-0.1, -0.05) is 17.7 Å². The van der Waals surface area contributed by atoms with E-state index >= 15 is 0 Å². The van der Waals surface area contributed by atoms with E-state index in [-0.39, 0.29) is 5.69 Å². The minimum Gasteiger partial charge on any atom is -0.497 e. The molecule has 0 bridgehead atoms. The minimum absolute atomic E-state index is 0.149. The predicted octanol–water partition coefficient (Wildman–Crippen LogP) is 3.31. The molecule has 132 valence electrons. The van der Waals surface area contributed by atoms with Crippen LogP contribution in [-0.2, 0) is 0 Å². The van der Waals surface area contributed by atoms with Crippen LogP contribution in [-0.4, -0.2) is 23.0 Å². The smallest absolute Gasteiger partial charge is 0.346 e. The molecule has 0 radical (unpaired) electrons. The fourth-order valence-electron chi connectivity index (χ4n) is 2.63. The van der Waals surface area contributed by atoms with Crippen molar-refractivity contribution < 1.29 is 9.53 Å². The fraction of sp³-hybridized carbons (Fsp3) is 0.150. The number of nitrogens with zero attached hydrogens (tertiary/aromatic N) is 1. The number of nitrogens with one attached hydrogen (secondary N) is 2. The normalized spacial score (nSPS) is 10.4. The Morgan fingerprint density at radius 1 is 1.08 bits per heavy atom. The maximum absolute atomic E-state index is 12.6. The van der Waals surface area contributed by atoms with Gasteiger partial charge in [0.1, 0.15) is 11.4 Å². The molecule has 0 saturated heterocycles. The molecule has 26 heavy (non-hydrogen) atoms. The number of hydrogen-bond acceptors (Lipinski definition) is 4. The van der Waals surface area contributed by atoms with E-state index in [9.17, 15) is 9.59 Å². The number of ether oxygens (including phenoxy) is 1. The van der Waals surface area contributed by atoms with E-state index in [4.69, 9.17) is 4.74 Å². The van der Waals surface area contributed by atoms with Gasteiger partial charge in [-0.05, 0) is 55.8 Å². The summed E-state index contributed by atoms with van der Waals surface area (Å²) in [6.07, 6.45) is 0. The minimum atomic E-state index is -0.580. The second-order valence-electron chi connectivity index (χ2n) is 5.99. The van der Waals surface area contributed by atoms with Crippen molar-refractivity contribution in [1.82, 2.24) is 9.97 Å². The monoisotopic (exact) mass is 349 g/mol. The van der Waals surface area contributed by atoms with E-state index in [1.54, 1.807) is 37.4 Å². The topological polar surface area (TPSA) is 84.1 Å². The van der Waals surface area contributed by atoms with Crippen LogP contribution in [0.15, 0.2) is 53.3 Å². The van der Waals surface area contributed by atoms with Gasteiger partial charge in [0.05, 0.1) is 12.8 Å². The first-order chi connectivity index (χ1) is 12.5. The third kappa shape index (κ3) is 3.80. The number of amides is 1. The van der Waals surface area contributed by atoms with Crippen LogP contribution in [0.3, 0.4) is 0 Å². The molecule has 0 aliphatic heterocycles. The summed E-state index contributed by atoms with van der Waals surface area (Å²) in [5.74, 6) is 0.303. The lowest BCUT2D eigenvalue weighted by atomic mass is 10.1. The summed E-state index contributed by atoms with van der Waals surface area (Å²) in [6.45, 7) is 3.90. The molecule has 0 spiro atoms. The number of rotatable bonds is 4. The highest BCUT2D eigenvalue weighted by molar-refractivity contribution is 6.03. The predicted molar refractivity (Wildman–Crippen MR) is 101 cm³/mol. The number of anilines is 1. The number of methoxy groups -OCH3 is 1. The summed E-state index contributed by atoms with van der Waals surface area (Å²) >= 11 is 0. The van der Waals surface area contributed by atoms with Crippen molar-refractivity contribution in [3.63, 3.8) is 0 Å². The highest BCUT2D eigenvalue weighted by Crippen LogP contribution is 2.21. The Balaban J connectivity index is 1.91. The standard InChI is InChI=1S/C20H19N3O3/c1-12-4-9-16(13(2)10-12)21-19(24)18-11-17(22-20(25)23-18)14-5-7-15(26-3)8-6-14/h4-11H,1-3H3,(H,21,24)(H,22,23,25). The molecule has 0 fully saturated rings. The second kappa shape index (κ2) is 7.23. The molecule has 2 aromatic carbocycles. The van der Waals surface area contributed by atoms with E-state index in [0.29, 0.717) is 17.1 Å². The Hall–Kier alpha value is -3.41. The zero-order valence-electron chi connectivity index (χ0n) is 14.8. The average Bonchev–Trinajstić information content (AvgIpc) is 2.63. The molecule has 3 rings (SSSR count). The van der Waals surface area contributed by atoms with E-state index in [0.717, 1.165) is 16.7 Å². The van der Waals surface area contributed by atoms with Crippen molar-refractivity contribution in [2.75, 3.05) is 12.4 Å². The van der Waals surface area contributed by atoms with E-state index in [1.807, 2.05) is 32.0 Å². The van der Waals surface area contributed by atoms with Crippen LogP contribution in [0.2, 0.25) is 0 Å². The molecular formula is C20H19N3O3. The van der Waals surface area contributed by atoms with Gasteiger partial charge in [-0.3, -0.25) is 4.79 Å². The maximum atomic E-state index is 12.6. The van der Waals surface area contributed by atoms with E-state index in [2.05, 4.69) is 15.3 Å². The van der Waals surface area contributed by atoms with Gasteiger partial charge in [0, 0.05) is 11.3 Å². The Labute approximate surface area is 150 Å². The fourth-order valence-corrected chi connectivity index (χ4v) is 2.63. The molecular weight excluding hydrogens is 330 g/mol. The Kier molecular flexibility index (Phi) is 4.84. The van der Waals surface area contributed by atoms with Crippen molar-refractivity contribution in [3.05, 3.63) is 75.8 Å². The Bertz CT molecular complexity index is 1010. The average molecular weight is 349 g/mol. The largest absolute Gasteiger partial charge is 0.497 e.